The second-order valence-corrected chi connectivity index (χ2v) is 3.33. The minimum absolute atomic E-state index is 0. The van der Waals surface area contributed by atoms with E-state index in [1.54, 1.807) is 24.3 Å². The van der Waals surface area contributed by atoms with E-state index in [4.69, 9.17) is 4.55 Å². The average molecular weight is 322 g/mol. The van der Waals surface area contributed by atoms with Gasteiger partial charge in [-0.1, -0.05) is 18.2 Å². The van der Waals surface area contributed by atoms with Crippen LogP contribution in [0.4, 0.5) is 0 Å². The standard InChI is InChI=1S/C8H7O3S.La/c9-12(10,11)7-6-8-4-2-1-3-5-8;/h1-6H,(H,9,10,11);/q-1;. The minimum Gasteiger partial charge on any atom is -0.296 e. The van der Waals surface area contributed by atoms with Crippen LogP contribution in [0.25, 0.3) is 6.08 Å². The van der Waals surface area contributed by atoms with Crippen LogP contribution in [0, 0.1) is 41.0 Å². The van der Waals surface area contributed by atoms with Gasteiger partial charge in [-0.2, -0.15) is 5.56 Å². The first-order valence-electron chi connectivity index (χ1n) is 3.21. The minimum atomic E-state index is -4.13. The fraction of sp³-hybridized carbons (Fsp3) is 0. The predicted molar refractivity (Wildman–Crippen MR) is 45.7 cm³/mol. The van der Waals surface area contributed by atoms with E-state index in [2.05, 4.69) is 0 Å². The summed E-state index contributed by atoms with van der Waals surface area (Å²) in [6, 6.07) is 8.75. The van der Waals surface area contributed by atoms with Gasteiger partial charge in [0.1, 0.15) is 0 Å². The first-order chi connectivity index (χ1) is 5.58. The molecule has 0 unspecified atom stereocenters. The van der Waals surface area contributed by atoms with Gasteiger partial charge in [0.25, 0.3) is 0 Å². The van der Waals surface area contributed by atoms with Gasteiger partial charge in [0, 0.05) is 35.6 Å². The van der Waals surface area contributed by atoms with E-state index < -0.39 is 10.1 Å². The maximum Gasteiger partial charge on any atom is 0.209 e. The van der Waals surface area contributed by atoms with E-state index in [1.807, 2.05) is 11.5 Å². The van der Waals surface area contributed by atoms with Crippen molar-refractivity contribution in [2.45, 2.75) is 0 Å². The van der Waals surface area contributed by atoms with Gasteiger partial charge in [-0.05, 0) is 0 Å². The molecule has 0 aliphatic rings. The summed E-state index contributed by atoms with van der Waals surface area (Å²) in [5.74, 6) is 0. The Bertz CT molecular complexity index is 370. The van der Waals surface area contributed by atoms with Gasteiger partial charge in [-0.3, -0.25) is 4.55 Å². The van der Waals surface area contributed by atoms with Crippen LogP contribution in [-0.4, -0.2) is 13.0 Å². The third kappa shape index (κ3) is 6.18. The number of benzene rings is 1. The van der Waals surface area contributed by atoms with Gasteiger partial charge in [0.15, 0.2) is 0 Å². The number of hydrogen-bond acceptors (Lipinski definition) is 2. The summed E-state index contributed by atoms with van der Waals surface area (Å²) >= 11 is 0. The van der Waals surface area contributed by atoms with Gasteiger partial charge >= 0.3 is 0 Å². The van der Waals surface area contributed by atoms with Crippen molar-refractivity contribution in [2.24, 2.45) is 0 Å². The van der Waals surface area contributed by atoms with Crippen molar-refractivity contribution in [2.75, 3.05) is 0 Å². The molecule has 0 atom stereocenters. The summed E-state index contributed by atoms with van der Waals surface area (Å²) in [5, 5.41) is 1.84. The van der Waals surface area contributed by atoms with Crippen molar-refractivity contribution in [1.29, 1.82) is 0 Å². The molecule has 0 aliphatic heterocycles. The molecule has 1 aromatic carbocycles. The van der Waals surface area contributed by atoms with E-state index >= 15 is 0 Å². The van der Waals surface area contributed by atoms with E-state index in [9.17, 15) is 8.42 Å². The molecule has 3 nitrogen and oxygen atoms in total. The summed E-state index contributed by atoms with van der Waals surface area (Å²) in [7, 11) is -4.13. The third-order valence-electron chi connectivity index (χ3n) is 1.17. The molecule has 13 heavy (non-hydrogen) atoms. The van der Waals surface area contributed by atoms with Crippen molar-refractivity contribution >= 4 is 16.2 Å². The van der Waals surface area contributed by atoms with Crippen LogP contribution < -0.4 is 0 Å². The molecular weight excluding hydrogens is 315 g/mol. The van der Waals surface area contributed by atoms with Crippen LogP contribution in [0.5, 0.6) is 0 Å². The first-order valence-corrected chi connectivity index (χ1v) is 4.65. The zero-order chi connectivity index (χ0) is 9.03. The molecule has 0 spiro atoms. The SMILES string of the molecule is O=S(=O)(O)[C-]=Cc1ccccc1.[La]. The maximum atomic E-state index is 10.2. The molecule has 1 N–H and O–H groups in total. The molecule has 0 heterocycles. The van der Waals surface area contributed by atoms with E-state index in [-0.39, 0.29) is 35.6 Å². The molecule has 0 amide bonds. The van der Waals surface area contributed by atoms with Crippen LogP contribution in [0.1, 0.15) is 5.56 Å². The number of rotatable bonds is 2. The molecule has 1 aromatic rings. The Morgan fingerprint density at radius 1 is 1.23 bits per heavy atom. The topological polar surface area (TPSA) is 54.4 Å². The first kappa shape index (κ1) is 13.1. The number of hydrogen-bond donors (Lipinski definition) is 1. The zero-order valence-electron chi connectivity index (χ0n) is 6.71. The summed E-state index contributed by atoms with van der Waals surface area (Å²) in [6.45, 7) is 0. The van der Waals surface area contributed by atoms with Crippen LogP contribution in [0.15, 0.2) is 30.3 Å². The molecule has 5 heteroatoms. The predicted octanol–water partition coefficient (Wildman–Crippen LogP) is 1.35. The molecule has 0 aliphatic carbocycles. The quantitative estimate of drug-likeness (QED) is 0.661. The monoisotopic (exact) mass is 322 g/mol. The van der Waals surface area contributed by atoms with Gasteiger partial charge in [0.05, 0.1) is 0 Å². The summed E-state index contributed by atoms with van der Waals surface area (Å²) in [4.78, 5) is 0. The Labute approximate surface area is 105 Å². The van der Waals surface area contributed by atoms with Crippen LogP contribution >= 0.6 is 0 Å². The van der Waals surface area contributed by atoms with Gasteiger partial charge in [-0.15, -0.1) is 17.5 Å². The largest absolute Gasteiger partial charge is 0.296 e. The third-order valence-corrected chi connectivity index (χ3v) is 1.59. The van der Waals surface area contributed by atoms with Crippen LogP contribution in [0.2, 0.25) is 0 Å². The summed E-state index contributed by atoms with van der Waals surface area (Å²) in [6.07, 6.45) is 1.20. The van der Waals surface area contributed by atoms with Crippen molar-refractivity contribution in [3.63, 3.8) is 0 Å². The molecule has 0 saturated carbocycles. The van der Waals surface area contributed by atoms with Gasteiger partial charge in [0.2, 0.25) is 10.1 Å². The summed E-state index contributed by atoms with van der Waals surface area (Å²) in [5.41, 5.74) is 0.676. The molecular formula is C8H7LaO3S-. The smallest absolute Gasteiger partial charge is 0.209 e. The van der Waals surface area contributed by atoms with Crippen molar-refractivity contribution in [3.8, 4) is 0 Å². The second-order valence-electron chi connectivity index (χ2n) is 2.15. The molecule has 0 bridgehead atoms. The Hall–Kier alpha value is 0.0648. The van der Waals surface area contributed by atoms with Crippen LogP contribution in [-0.2, 0) is 10.1 Å². The van der Waals surface area contributed by atoms with Crippen molar-refractivity contribution < 1.29 is 48.6 Å². The molecule has 0 saturated heterocycles. The van der Waals surface area contributed by atoms with E-state index in [1.165, 1.54) is 6.08 Å². The normalized spacial score (nSPS) is 11.2. The van der Waals surface area contributed by atoms with Gasteiger partial charge < -0.3 is 0 Å². The fourth-order valence-corrected chi connectivity index (χ4v) is 0.977. The van der Waals surface area contributed by atoms with E-state index in [0.29, 0.717) is 5.56 Å². The van der Waals surface area contributed by atoms with Crippen molar-refractivity contribution in [1.82, 2.24) is 0 Å². The Morgan fingerprint density at radius 2 is 1.77 bits per heavy atom. The molecule has 67 valence electrons. The average Bonchev–Trinajstić information content (AvgIpc) is 2.02. The molecule has 1 radical (unpaired) electrons. The second kappa shape index (κ2) is 5.72. The Morgan fingerprint density at radius 3 is 2.23 bits per heavy atom. The molecule has 1 rings (SSSR count). The zero-order valence-corrected chi connectivity index (χ0v) is 11.2. The molecule has 0 fully saturated rings. The van der Waals surface area contributed by atoms with Gasteiger partial charge in [-0.25, -0.2) is 14.5 Å². The maximum absolute atomic E-state index is 10.2. The Balaban J connectivity index is 0.00000144. The summed E-state index contributed by atoms with van der Waals surface area (Å²) < 4.78 is 28.7. The Kier molecular flexibility index (Phi) is 5.75. The van der Waals surface area contributed by atoms with Crippen LogP contribution in [0.3, 0.4) is 0 Å². The van der Waals surface area contributed by atoms with Crippen molar-refractivity contribution in [3.05, 3.63) is 41.3 Å². The van der Waals surface area contributed by atoms with E-state index in [0.717, 1.165) is 0 Å². The molecule has 0 aromatic heterocycles. The fourth-order valence-electron chi connectivity index (χ4n) is 0.692.